The van der Waals surface area contributed by atoms with Crippen LogP contribution in [-0.4, -0.2) is 53.8 Å². The first-order chi connectivity index (χ1) is 19.2. The predicted molar refractivity (Wildman–Crippen MR) is 148 cm³/mol. The van der Waals surface area contributed by atoms with Crippen LogP contribution in [0.3, 0.4) is 0 Å². The molecule has 0 spiro atoms. The second-order valence-corrected chi connectivity index (χ2v) is 11.4. The number of ether oxygens (including phenoxy) is 3. The van der Waals surface area contributed by atoms with Gasteiger partial charge in [0.05, 0.1) is 35.4 Å². The molecule has 0 saturated carbocycles. The number of carbonyl (C=O) groups is 4. The van der Waals surface area contributed by atoms with Gasteiger partial charge in [-0.05, 0) is 56.3 Å². The third-order valence-corrected chi connectivity index (χ3v) is 9.05. The molecule has 3 heterocycles. The molecule has 5 rings (SSSR count). The molecule has 2 aliphatic heterocycles. The second kappa shape index (κ2) is 11.5. The molecule has 10 nitrogen and oxygen atoms in total. The number of rotatable bonds is 8. The zero-order valence-corrected chi connectivity index (χ0v) is 23.7. The van der Waals surface area contributed by atoms with Gasteiger partial charge in [-0.15, -0.1) is 0 Å². The highest BCUT2D eigenvalue weighted by atomic mass is 35.5. The molecule has 3 atom stereocenters. The first kappa shape index (κ1) is 27.9. The van der Waals surface area contributed by atoms with Crippen molar-refractivity contribution >= 4 is 64.1 Å². The van der Waals surface area contributed by atoms with Crippen LogP contribution in [0.5, 0.6) is 5.75 Å². The van der Waals surface area contributed by atoms with Gasteiger partial charge in [0.1, 0.15) is 11.0 Å². The Morgan fingerprint density at radius 1 is 1.00 bits per heavy atom. The van der Waals surface area contributed by atoms with E-state index in [-0.39, 0.29) is 36.0 Å². The normalized spacial score (nSPS) is 19.7. The fourth-order valence-corrected chi connectivity index (χ4v) is 7.49. The lowest BCUT2D eigenvalue weighted by Gasteiger charge is -2.31. The van der Waals surface area contributed by atoms with Crippen molar-refractivity contribution in [1.82, 2.24) is 4.98 Å². The number of thioether (sulfide) groups is 1. The van der Waals surface area contributed by atoms with Gasteiger partial charge in [-0.1, -0.05) is 34.7 Å². The minimum atomic E-state index is -0.899. The Hall–Kier alpha value is -3.61. The molecule has 40 heavy (non-hydrogen) atoms. The molecule has 1 N–H and O–H groups in total. The lowest BCUT2D eigenvalue weighted by Crippen LogP contribution is -2.32. The monoisotopic (exact) mass is 602 g/mol. The van der Waals surface area contributed by atoms with Gasteiger partial charge in [-0.25, -0.2) is 14.5 Å². The number of benzene rings is 2. The number of nitrogens with zero attached hydrogens (tertiary/aromatic N) is 1. The third-order valence-electron chi connectivity index (χ3n) is 6.42. The zero-order valence-electron chi connectivity index (χ0n) is 21.3. The maximum Gasteiger partial charge on any atom is 0.344 e. The average molecular weight is 603 g/mol. The summed E-state index contributed by atoms with van der Waals surface area (Å²) < 4.78 is 15.8. The Kier molecular flexibility index (Phi) is 8.02. The number of halogens is 1. The summed E-state index contributed by atoms with van der Waals surface area (Å²) in [6, 6.07) is 10.8. The Morgan fingerprint density at radius 3 is 2.42 bits per heavy atom. The largest absolute Gasteiger partial charge is 0.482 e. The molecule has 2 amide bonds. The topological polar surface area (TPSA) is 132 Å². The van der Waals surface area contributed by atoms with Gasteiger partial charge in [0, 0.05) is 21.4 Å². The summed E-state index contributed by atoms with van der Waals surface area (Å²) in [7, 11) is 0. The first-order valence-electron chi connectivity index (χ1n) is 12.4. The maximum atomic E-state index is 14.0. The summed E-state index contributed by atoms with van der Waals surface area (Å²) in [5.41, 5.74) is 1.05. The molecular formula is C27H23ClN2O8S2. The minimum absolute atomic E-state index is 0.188. The number of H-pyrrole nitrogens is 1. The smallest absolute Gasteiger partial charge is 0.344 e. The summed E-state index contributed by atoms with van der Waals surface area (Å²) in [6.07, 6.45) is 0. The van der Waals surface area contributed by atoms with E-state index in [0.717, 1.165) is 28.0 Å². The molecule has 3 unspecified atom stereocenters. The van der Waals surface area contributed by atoms with Crippen molar-refractivity contribution in [2.24, 2.45) is 5.92 Å². The molecule has 1 saturated heterocycles. The molecule has 2 aromatic carbocycles. The van der Waals surface area contributed by atoms with E-state index in [9.17, 15) is 24.0 Å². The minimum Gasteiger partial charge on any atom is -0.482 e. The van der Waals surface area contributed by atoms with Gasteiger partial charge in [-0.3, -0.25) is 14.4 Å². The Balaban J connectivity index is 1.55. The number of aromatic amines is 1. The molecule has 13 heteroatoms. The van der Waals surface area contributed by atoms with Crippen LogP contribution in [0.4, 0.5) is 5.69 Å². The Morgan fingerprint density at radius 2 is 1.73 bits per heavy atom. The van der Waals surface area contributed by atoms with Crippen molar-refractivity contribution in [3.05, 3.63) is 73.2 Å². The summed E-state index contributed by atoms with van der Waals surface area (Å²) in [5.74, 6) is -3.40. The van der Waals surface area contributed by atoms with Crippen LogP contribution in [0.25, 0.3) is 0 Å². The third kappa shape index (κ3) is 5.14. The summed E-state index contributed by atoms with van der Waals surface area (Å²) in [6.45, 7) is 3.41. The zero-order chi connectivity index (χ0) is 28.6. The number of aromatic nitrogens is 1. The summed E-state index contributed by atoms with van der Waals surface area (Å²) in [5, 5.41) is -0.0176. The van der Waals surface area contributed by atoms with Gasteiger partial charge in [-0.2, -0.15) is 0 Å². The number of anilines is 1. The van der Waals surface area contributed by atoms with E-state index >= 15 is 0 Å². The Labute approximate surface area is 241 Å². The molecule has 1 fully saturated rings. The number of hydrogen-bond donors (Lipinski definition) is 1. The summed E-state index contributed by atoms with van der Waals surface area (Å²) >= 11 is 8.43. The highest BCUT2D eigenvalue weighted by Crippen LogP contribution is 2.54. The SMILES string of the molecule is CCOC(=O)COc1ccc(Cl)cc1C1c2sc(=O)[nH]c2SC2C(=O)N(c3ccc(C(=O)OCC)cc3)C(=O)C21. The van der Waals surface area contributed by atoms with Gasteiger partial charge in [0.2, 0.25) is 11.8 Å². The van der Waals surface area contributed by atoms with E-state index in [4.69, 9.17) is 25.8 Å². The highest BCUT2D eigenvalue weighted by molar-refractivity contribution is 8.00. The number of thiazole rings is 1. The van der Waals surface area contributed by atoms with Crippen LogP contribution in [0.1, 0.15) is 40.6 Å². The molecular weight excluding hydrogens is 580 g/mol. The number of fused-ring (bicyclic) bond motifs is 2. The van der Waals surface area contributed by atoms with E-state index < -0.39 is 40.8 Å². The molecule has 2 aliphatic rings. The van der Waals surface area contributed by atoms with Crippen LogP contribution >= 0.6 is 34.7 Å². The van der Waals surface area contributed by atoms with E-state index in [1.54, 1.807) is 32.0 Å². The standard InChI is InChI=1S/C27H23ClN2O8S2/c1-3-36-18(31)12-38-17-10-7-14(28)11-16(17)19-20-22(39-23-21(19)40-27(35)29-23)25(33)30(24(20)32)15-8-5-13(6-9-15)26(34)37-4-2/h5-11,19-20,22H,3-4,12H2,1-2H3,(H,29,35). The molecule has 3 aromatic rings. The average Bonchev–Trinajstić information content (AvgIpc) is 3.42. The predicted octanol–water partition coefficient (Wildman–Crippen LogP) is 4.00. The van der Waals surface area contributed by atoms with E-state index in [1.807, 2.05) is 0 Å². The number of amides is 2. The van der Waals surface area contributed by atoms with Gasteiger partial charge in [0.15, 0.2) is 6.61 Å². The van der Waals surface area contributed by atoms with Gasteiger partial charge >= 0.3 is 16.8 Å². The van der Waals surface area contributed by atoms with E-state index in [1.165, 1.54) is 24.3 Å². The van der Waals surface area contributed by atoms with Gasteiger partial charge in [0.25, 0.3) is 0 Å². The summed E-state index contributed by atoms with van der Waals surface area (Å²) in [4.78, 5) is 68.3. The molecule has 0 bridgehead atoms. The maximum absolute atomic E-state index is 14.0. The van der Waals surface area contributed by atoms with Crippen molar-refractivity contribution in [3.8, 4) is 5.75 Å². The lowest BCUT2D eigenvalue weighted by atomic mass is 9.82. The number of imide groups is 1. The lowest BCUT2D eigenvalue weighted by molar-refractivity contribution is -0.145. The van der Waals surface area contributed by atoms with Crippen molar-refractivity contribution in [2.45, 2.75) is 30.0 Å². The van der Waals surface area contributed by atoms with Crippen LogP contribution < -0.4 is 14.5 Å². The molecule has 0 radical (unpaired) electrons. The number of hydrogen-bond acceptors (Lipinski definition) is 10. The number of nitrogens with one attached hydrogen (secondary N) is 1. The van der Waals surface area contributed by atoms with Crippen molar-refractivity contribution in [3.63, 3.8) is 0 Å². The molecule has 208 valence electrons. The Bertz CT molecular complexity index is 1550. The van der Waals surface area contributed by atoms with Crippen molar-refractivity contribution in [1.29, 1.82) is 0 Å². The quantitative estimate of drug-likeness (QED) is 0.300. The molecule has 1 aromatic heterocycles. The van der Waals surface area contributed by atoms with Crippen LogP contribution in [0.2, 0.25) is 5.02 Å². The van der Waals surface area contributed by atoms with Crippen molar-refractivity contribution < 1.29 is 33.4 Å². The number of esters is 2. The van der Waals surface area contributed by atoms with Crippen molar-refractivity contribution in [2.75, 3.05) is 24.7 Å². The van der Waals surface area contributed by atoms with Gasteiger partial charge < -0.3 is 19.2 Å². The second-order valence-electron chi connectivity index (χ2n) is 8.80. The fourth-order valence-electron chi connectivity index (χ4n) is 4.80. The van der Waals surface area contributed by atoms with Crippen LogP contribution in [0.15, 0.2) is 52.3 Å². The van der Waals surface area contributed by atoms with E-state index in [2.05, 4.69) is 4.98 Å². The van der Waals surface area contributed by atoms with Crippen LogP contribution in [0, 0.1) is 5.92 Å². The first-order valence-corrected chi connectivity index (χ1v) is 14.4. The highest BCUT2D eigenvalue weighted by Gasteiger charge is 2.56. The number of carbonyl (C=O) groups excluding carboxylic acids is 4. The van der Waals surface area contributed by atoms with E-state index in [0.29, 0.717) is 26.2 Å². The molecule has 0 aliphatic carbocycles. The fraction of sp³-hybridized carbons (Fsp3) is 0.296. The van der Waals surface area contributed by atoms with Crippen LogP contribution in [-0.2, 0) is 23.9 Å².